The van der Waals surface area contributed by atoms with Crippen molar-refractivity contribution in [2.45, 2.75) is 26.2 Å². The number of unbranched alkanes of at least 4 members (excludes halogenated alkanes) is 2. The van der Waals surface area contributed by atoms with E-state index in [1.165, 1.54) is 0 Å². The number of carbonyl (C=O) groups excluding carboxylic acids is 1. The van der Waals surface area contributed by atoms with Crippen molar-refractivity contribution in [2.24, 2.45) is 0 Å². The first-order valence-electron chi connectivity index (χ1n) is 2.35. The topological polar surface area (TPSA) is 17.1 Å². The second kappa shape index (κ2) is 15.7. The van der Waals surface area contributed by atoms with Gasteiger partial charge in [-0.2, -0.15) is 13.5 Å². The molecule has 0 amide bonds. The van der Waals surface area contributed by atoms with Gasteiger partial charge in [0.1, 0.15) is 6.29 Å². The molecule has 0 aromatic heterocycles. The first kappa shape index (κ1) is 16.0. The molecule has 8 heavy (non-hydrogen) atoms. The van der Waals surface area contributed by atoms with Gasteiger partial charge in [0.25, 0.3) is 0 Å². The normalized spacial score (nSPS) is 6.12. The molecule has 0 spiro atoms. The summed E-state index contributed by atoms with van der Waals surface area (Å²) in [4.78, 5) is 9.56. The summed E-state index contributed by atoms with van der Waals surface area (Å²) in [6.45, 7) is 2.07. The Bertz CT molecular complexity index is 45.9. The molecule has 1 nitrogen and oxygen atoms in total. The molecule has 0 saturated heterocycles. The standard InChI is InChI=1S/C5H10O.Na.H2S.H/c1-2-3-4-5-6;;;/h5H,2-4H2,1H3;;1H2;/q;+1;;-1. The summed E-state index contributed by atoms with van der Waals surface area (Å²) in [6.07, 6.45) is 3.86. The molecule has 0 bridgehead atoms. The maximum atomic E-state index is 9.56. The van der Waals surface area contributed by atoms with Crippen molar-refractivity contribution in [1.29, 1.82) is 0 Å². The molecule has 46 valence electrons. The van der Waals surface area contributed by atoms with E-state index in [-0.39, 0.29) is 44.5 Å². The first-order valence-corrected chi connectivity index (χ1v) is 2.35. The van der Waals surface area contributed by atoms with Gasteiger partial charge < -0.3 is 6.22 Å². The average molecular weight is 144 g/mol. The molecule has 0 unspecified atom stereocenters. The Morgan fingerprint density at radius 3 is 2.25 bits per heavy atom. The zero-order chi connectivity index (χ0) is 4.83. The first-order chi connectivity index (χ1) is 2.91. The van der Waals surface area contributed by atoms with Crippen molar-refractivity contribution < 1.29 is 35.8 Å². The van der Waals surface area contributed by atoms with Crippen molar-refractivity contribution >= 4 is 19.8 Å². The van der Waals surface area contributed by atoms with E-state index in [1.54, 1.807) is 0 Å². The second-order valence-electron chi connectivity index (χ2n) is 1.31. The third kappa shape index (κ3) is 15.7. The molecular weight excluding hydrogens is 131 g/mol. The molecule has 0 aliphatic rings. The Morgan fingerprint density at radius 1 is 1.62 bits per heavy atom. The van der Waals surface area contributed by atoms with Crippen molar-refractivity contribution in [3.63, 3.8) is 0 Å². The van der Waals surface area contributed by atoms with E-state index < -0.39 is 0 Å². The Kier molecular flexibility index (Phi) is 31.4. The predicted molar refractivity (Wildman–Crippen MR) is 37.1 cm³/mol. The van der Waals surface area contributed by atoms with Gasteiger partial charge >= 0.3 is 29.6 Å². The monoisotopic (exact) mass is 144 g/mol. The summed E-state index contributed by atoms with van der Waals surface area (Å²) in [5, 5.41) is 0. The van der Waals surface area contributed by atoms with Crippen LogP contribution in [0.4, 0.5) is 0 Å². The van der Waals surface area contributed by atoms with Gasteiger partial charge in [-0.1, -0.05) is 13.3 Å². The summed E-state index contributed by atoms with van der Waals surface area (Å²) in [5.41, 5.74) is 0. The summed E-state index contributed by atoms with van der Waals surface area (Å²) in [5.74, 6) is 0. The van der Waals surface area contributed by atoms with Gasteiger partial charge in [-0.05, 0) is 6.42 Å². The van der Waals surface area contributed by atoms with Crippen LogP contribution in [-0.2, 0) is 4.79 Å². The Morgan fingerprint density at radius 2 is 2.12 bits per heavy atom. The van der Waals surface area contributed by atoms with E-state index >= 15 is 0 Å². The van der Waals surface area contributed by atoms with Crippen LogP contribution in [0.5, 0.6) is 0 Å². The molecule has 0 rings (SSSR count). The molecule has 3 heteroatoms. The van der Waals surface area contributed by atoms with E-state index in [9.17, 15) is 4.79 Å². The molecule has 0 heterocycles. The van der Waals surface area contributed by atoms with Crippen molar-refractivity contribution in [1.82, 2.24) is 0 Å². The fourth-order valence-corrected chi connectivity index (χ4v) is 0.287. The van der Waals surface area contributed by atoms with Crippen LogP contribution >= 0.6 is 13.5 Å². The van der Waals surface area contributed by atoms with Crippen LogP contribution in [-0.4, -0.2) is 6.29 Å². The Balaban J connectivity index is -0.0000000417. The Labute approximate surface area is 81.5 Å². The minimum Gasteiger partial charge on any atom is -1.00 e. The second-order valence-corrected chi connectivity index (χ2v) is 1.31. The fourth-order valence-electron chi connectivity index (χ4n) is 0.287. The maximum Gasteiger partial charge on any atom is 1.00 e. The molecule has 0 aliphatic heterocycles. The van der Waals surface area contributed by atoms with E-state index in [2.05, 4.69) is 6.92 Å². The summed E-state index contributed by atoms with van der Waals surface area (Å²) < 4.78 is 0. The Hall–Kier alpha value is 1.02. The van der Waals surface area contributed by atoms with Gasteiger partial charge in [0.05, 0.1) is 0 Å². The van der Waals surface area contributed by atoms with Crippen LogP contribution in [0.3, 0.4) is 0 Å². The van der Waals surface area contributed by atoms with E-state index in [1.807, 2.05) is 0 Å². The zero-order valence-corrected chi connectivity index (χ0v) is 8.61. The van der Waals surface area contributed by atoms with Gasteiger partial charge in [-0.15, -0.1) is 0 Å². The molecule has 0 aromatic rings. The number of carbonyl (C=O) groups is 1. The zero-order valence-electron chi connectivity index (χ0n) is 6.61. The van der Waals surface area contributed by atoms with Crippen LogP contribution < -0.4 is 29.6 Å². The van der Waals surface area contributed by atoms with Crippen molar-refractivity contribution in [2.75, 3.05) is 0 Å². The smallest absolute Gasteiger partial charge is 1.00 e. The minimum absolute atomic E-state index is 0. The van der Waals surface area contributed by atoms with Crippen LogP contribution in [0.25, 0.3) is 0 Å². The number of hydrogen-bond acceptors (Lipinski definition) is 1. The molecule has 0 fully saturated rings. The quantitative estimate of drug-likeness (QED) is 0.271. The summed E-state index contributed by atoms with van der Waals surface area (Å²) in [7, 11) is 0. The van der Waals surface area contributed by atoms with Gasteiger partial charge in [0.2, 0.25) is 0 Å². The van der Waals surface area contributed by atoms with Crippen LogP contribution in [0.1, 0.15) is 27.6 Å². The van der Waals surface area contributed by atoms with Crippen molar-refractivity contribution in [3.05, 3.63) is 0 Å². The molecule has 0 aromatic carbocycles. The molecular formula is C5H13NaOS. The van der Waals surface area contributed by atoms with Crippen LogP contribution in [0.15, 0.2) is 0 Å². The SMILES string of the molecule is CCCCC=O.S.[H-].[Na+]. The molecule has 0 radical (unpaired) electrons. The van der Waals surface area contributed by atoms with E-state index in [0.29, 0.717) is 0 Å². The van der Waals surface area contributed by atoms with E-state index in [4.69, 9.17) is 0 Å². The van der Waals surface area contributed by atoms with Gasteiger partial charge in [-0.25, -0.2) is 0 Å². The molecule has 0 N–H and O–H groups in total. The third-order valence-corrected chi connectivity index (χ3v) is 0.676. The van der Waals surface area contributed by atoms with Crippen LogP contribution in [0.2, 0.25) is 0 Å². The largest absolute Gasteiger partial charge is 1.00 e. The number of hydrogen-bond donors (Lipinski definition) is 0. The summed E-state index contributed by atoms with van der Waals surface area (Å²) in [6, 6.07) is 0. The number of rotatable bonds is 3. The third-order valence-electron chi connectivity index (χ3n) is 0.676. The predicted octanol–water partition coefficient (Wildman–Crippen LogP) is -1.40. The van der Waals surface area contributed by atoms with Crippen LogP contribution in [0, 0.1) is 0 Å². The van der Waals surface area contributed by atoms with Gasteiger partial charge in [0, 0.05) is 6.42 Å². The van der Waals surface area contributed by atoms with Crippen molar-refractivity contribution in [3.8, 4) is 0 Å². The fraction of sp³-hybridized carbons (Fsp3) is 0.800. The maximum absolute atomic E-state index is 9.56. The average Bonchev–Trinajstić information content (AvgIpc) is 1.61. The summed E-state index contributed by atoms with van der Waals surface area (Å²) >= 11 is 0. The molecule has 0 saturated carbocycles. The minimum atomic E-state index is 0. The molecule has 0 aliphatic carbocycles. The number of aldehydes is 1. The van der Waals surface area contributed by atoms with Gasteiger partial charge in [0.15, 0.2) is 0 Å². The molecule has 0 atom stereocenters. The van der Waals surface area contributed by atoms with E-state index in [0.717, 1.165) is 25.5 Å². The van der Waals surface area contributed by atoms with Gasteiger partial charge in [-0.3, -0.25) is 0 Å².